The molecule has 2 N–H and O–H groups in total. The van der Waals surface area contributed by atoms with E-state index in [0.29, 0.717) is 16.9 Å². The average molecular weight is 287 g/mol. The molecule has 0 radical (unpaired) electrons. The third-order valence-corrected chi connectivity index (χ3v) is 3.78. The van der Waals surface area contributed by atoms with E-state index in [1.807, 2.05) is 0 Å². The van der Waals surface area contributed by atoms with Crippen LogP contribution in [0.2, 0.25) is 0 Å². The van der Waals surface area contributed by atoms with Gasteiger partial charge in [0, 0.05) is 0 Å². The average Bonchev–Trinajstić information content (AvgIpc) is 2.57. The Bertz CT molecular complexity index is 648. The molecule has 1 aliphatic heterocycles. The number of benzene rings is 2. The number of rotatable bonds is 1. The van der Waals surface area contributed by atoms with Crippen LogP contribution in [0, 0.1) is 0 Å². The summed E-state index contributed by atoms with van der Waals surface area (Å²) < 4.78 is 0. The number of alkyl halides is 1. The molecule has 0 saturated heterocycles. The number of fused-ring (bicyclic) bond motifs is 1. The number of amides is 2. The molecular weight excluding hydrogens is 276 g/mol. The van der Waals surface area contributed by atoms with Crippen molar-refractivity contribution in [3.63, 3.8) is 0 Å². The van der Waals surface area contributed by atoms with E-state index in [0.717, 1.165) is 0 Å². The Kier molecular flexibility index (Phi) is 2.95. The summed E-state index contributed by atoms with van der Waals surface area (Å²) in [5.74, 6) is -1.12. The summed E-state index contributed by atoms with van der Waals surface area (Å²) in [6, 6.07) is 15.5. The Morgan fingerprint density at radius 3 is 1.70 bits per heavy atom. The Hall–Kier alpha value is -2.33. The van der Waals surface area contributed by atoms with E-state index in [1.165, 1.54) is 0 Å². The van der Waals surface area contributed by atoms with Crippen LogP contribution in [-0.4, -0.2) is 11.8 Å². The van der Waals surface area contributed by atoms with Gasteiger partial charge in [0.15, 0.2) is 0 Å². The van der Waals surface area contributed by atoms with Crippen LogP contribution in [0.15, 0.2) is 54.6 Å². The number of carbonyl (C=O) groups excluding carboxylic acids is 2. The summed E-state index contributed by atoms with van der Waals surface area (Å²) in [5.41, 5.74) is 1.50. The Morgan fingerprint density at radius 2 is 1.20 bits per heavy atom. The molecule has 100 valence electrons. The van der Waals surface area contributed by atoms with Gasteiger partial charge >= 0.3 is 0 Å². The van der Waals surface area contributed by atoms with Crippen molar-refractivity contribution in [1.82, 2.24) is 0 Å². The minimum Gasteiger partial charge on any atom is -0.322 e. The van der Waals surface area contributed by atoms with Crippen LogP contribution in [0.4, 0.5) is 11.4 Å². The van der Waals surface area contributed by atoms with Gasteiger partial charge in [-0.15, -0.1) is 0 Å². The van der Waals surface area contributed by atoms with Crippen LogP contribution >= 0.6 is 11.6 Å². The van der Waals surface area contributed by atoms with Gasteiger partial charge in [-0.2, -0.15) is 0 Å². The van der Waals surface area contributed by atoms with Crippen molar-refractivity contribution >= 4 is 34.8 Å². The highest BCUT2D eigenvalue weighted by molar-refractivity contribution is 6.49. The molecule has 0 aliphatic carbocycles. The molecule has 2 amide bonds. The maximum atomic E-state index is 12.4. The second kappa shape index (κ2) is 4.65. The summed E-state index contributed by atoms with van der Waals surface area (Å²) in [6.45, 7) is 0. The fourth-order valence-electron chi connectivity index (χ4n) is 2.15. The van der Waals surface area contributed by atoms with Crippen LogP contribution in [0.5, 0.6) is 0 Å². The normalized spacial score (nSPS) is 16.6. The van der Waals surface area contributed by atoms with E-state index in [4.69, 9.17) is 11.6 Å². The molecule has 0 saturated carbocycles. The van der Waals surface area contributed by atoms with Gasteiger partial charge in [-0.1, -0.05) is 54.1 Å². The fourth-order valence-corrected chi connectivity index (χ4v) is 2.37. The topological polar surface area (TPSA) is 58.2 Å². The number of para-hydroxylation sites is 2. The molecule has 2 aromatic carbocycles. The monoisotopic (exact) mass is 286 g/mol. The number of halogens is 1. The van der Waals surface area contributed by atoms with Crippen molar-refractivity contribution < 1.29 is 9.59 Å². The molecule has 0 aromatic heterocycles. The van der Waals surface area contributed by atoms with Gasteiger partial charge in [0.05, 0.1) is 11.4 Å². The van der Waals surface area contributed by atoms with Crippen molar-refractivity contribution in [2.24, 2.45) is 0 Å². The smallest absolute Gasteiger partial charge is 0.259 e. The van der Waals surface area contributed by atoms with E-state index in [9.17, 15) is 9.59 Å². The van der Waals surface area contributed by atoms with Gasteiger partial charge in [-0.3, -0.25) is 9.59 Å². The molecule has 0 atom stereocenters. The van der Waals surface area contributed by atoms with Crippen LogP contribution < -0.4 is 10.6 Å². The Balaban J connectivity index is 2.11. The lowest BCUT2D eigenvalue weighted by Gasteiger charge is -2.22. The summed E-state index contributed by atoms with van der Waals surface area (Å²) in [5, 5.41) is 5.38. The zero-order chi connectivity index (χ0) is 14.2. The summed E-state index contributed by atoms with van der Waals surface area (Å²) >= 11 is 6.37. The first-order chi connectivity index (χ1) is 9.62. The largest absolute Gasteiger partial charge is 0.322 e. The maximum Gasteiger partial charge on any atom is 0.259 e. The van der Waals surface area contributed by atoms with E-state index in [-0.39, 0.29) is 0 Å². The minimum atomic E-state index is -1.78. The molecule has 0 fully saturated rings. The van der Waals surface area contributed by atoms with Gasteiger partial charge in [-0.25, -0.2) is 0 Å². The van der Waals surface area contributed by atoms with E-state index >= 15 is 0 Å². The molecule has 2 aromatic rings. The van der Waals surface area contributed by atoms with Gasteiger partial charge in [-0.05, 0) is 17.7 Å². The van der Waals surface area contributed by atoms with Crippen LogP contribution in [0.25, 0.3) is 0 Å². The molecule has 4 nitrogen and oxygen atoms in total. The van der Waals surface area contributed by atoms with Gasteiger partial charge in [0.2, 0.25) is 4.87 Å². The number of hydrogen-bond donors (Lipinski definition) is 2. The lowest BCUT2D eigenvalue weighted by Crippen LogP contribution is -2.43. The molecule has 0 unspecified atom stereocenters. The van der Waals surface area contributed by atoms with E-state index < -0.39 is 16.7 Å². The summed E-state index contributed by atoms with van der Waals surface area (Å²) in [7, 11) is 0. The molecule has 3 rings (SSSR count). The first-order valence-electron chi connectivity index (χ1n) is 6.09. The highest BCUT2D eigenvalue weighted by atomic mass is 35.5. The third kappa shape index (κ3) is 1.85. The zero-order valence-corrected chi connectivity index (χ0v) is 11.1. The van der Waals surface area contributed by atoms with Crippen molar-refractivity contribution in [3.8, 4) is 0 Å². The lowest BCUT2D eigenvalue weighted by molar-refractivity contribution is -0.127. The molecule has 5 heteroatoms. The number of nitrogens with one attached hydrogen (secondary N) is 2. The SMILES string of the molecule is O=C1Nc2ccccc2NC(=O)C1(Cl)c1ccccc1. The fraction of sp³-hybridized carbons (Fsp3) is 0.0667. The second-order valence-electron chi connectivity index (χ2n) is 4.48. The lowest BCUT2D eigenvalue weighted by atomic mass is 9.96. The van der Waals surface area contributed by atoms with Crippen molar-refractivity contribution in [3.05, 3.63) is 60.2 Å². The molecule has 0 spiro atoms. The predicted octanol–water partition coefficient (Wildman–Crippen LogP) is 2.71. The second-order valence-corrected chi connectivity index (χ2v) is 5.05. The Morgan fingerprint density at radius 1 is 0.750 bits per heavy atom. The van der Waals surface area contributed by atoms with Gasteiger partial charge in [0.1, 0.15) is 0 Å². The van der Waals surface area contributed by atoms with Crippen LogP contribution in [-0.2, 0) is 14.5 Å². The molecule has 0 bridgehead atoms. The third-order valence-electron chi connectivity index (χ3n) is 3.22. The van der Waals surface area contributed by atoms with Gasteiger partial charge < -0.3 is 10.6 Å². The van der Waals surface area contributed by atoms with E-state index in [1.54, 1.807) is 54.6 Å². The van der Waals surface area contributed by atoms with E-state index in [2.05, 4.69) is 10.6 Å². The first kappa shape index (κ1) is 12.7. The Labute approximate surface area is 120 Å². The maximum absolute atomic E-state index is 12.4. The van der Waals surface area contributed by atoms with Crippen LogP contribution in [0.3, 0.4) is 0 Å². The van der Waals surface area contributed by atoms with Gasteiger partial charge in [0.25, 0.3) is 11.8 Å². The minimum absolute atomic E-state index is 0.435. The standard InChI is InChI=1S/C15H11ClN2O2/c16-15(10-6-2-1-3-7-10)13(19)17-11-8-4-5-9-12(11)18-14(15)20/h1-9H,(H,17,19)(H,18,20). The highest BCUT2D eigenvalue weighted by Crippen LogP contribution is 2.36. The quantitative estimate of drug-likeness (QED) is 0.625. The van der Waals surface area contributed by atoms with Crippen LogP contribution in [0.1, 0.15) is 5.56 Å². The molecular formula is C15H11ClN2O2. The number of hydrogen-bond acceptors (Lipinski definition) is 2. The van der Waals surface area contributed by atoms with Crippen molar-refractivity contribution in [1.29, 1.82) is 0 Å². The predicted molar refractivity (Wildman–Crippen MR) is 77.7 cm³/mol. The van der Waals surface area contributed by atoms with Crippen molar-refractivity contribution in [2.75, 3.05) is 10.6 Å². The summed E-state index contributed by atoms with van der Waals surface area (Å²) in [6.07, 6.45) is 0. The highest BCUT2D eigenvalue weighted by Gasteiger charge is 2.47. The first-order valence-corrected chi connectivity index (χ1v) is 6.46. The summed E-state index contributed by atoms with van der Waals surface area (Å²) in [4.78, 5) is 23.0. The molecule has 1 aliphatic rings. The molecule has 1 heterocycles. The number of carbonyl (C=O) groups is 2. The zero-order valence-electron chi connectivity index (χ0n) is 10.4. The molecule has 20 heavy (non-hydrogen) atoms. The van der Waals surface area contributed by atoms with Crippen molar-refractivity contribution in [2.45, 2.75) is 4.87 Å². The number of anilines is 2.